The van der Waals surface area contributed by atoms with E-state index in [-0.39, 0.29) is 29.9 Å². The number of hydrogen-bond acceptors (Lipinski definition) is 4. The van der Waals surface area contributed by atoms with Gasteiger partial charge in [0, 0.05) is 38.3 Å². The smallest absolute Gasteiger partial charge is 0.227 e. The van der Waals surface area contributed by atoms with Gasteiger partial charge in [-0.1, -0.05) is 13.0 Å². The third-order valence-electron chi connectivity index (χ3n) is 4.43. The Balaban J connectivity index is 0.00000338. The third kappa shape index (κ3) is 7.45. The molecule has 1 fully saturated rings. The quantitative estimate of drug-likeness (QED) is 0.320. The van der Waals surface area contributed by atoms with Gasteiger partial charge in [-0.15, -0.1) is 24.0 Å². The molecule has 146 valence electrons. The summed E-state index contributed by atoms with van der Waals surface area (Å²) in [5.74, 6) is 1.27. The van der Waals surface area contributed by atoms with Crippen LogP contribution in [-0.4, -0.2) is 61.0 Å². The predicted octanol–water partition coefficient (Wildman–Crippen LogP) is 1.99. The highest BCUT2D eigenvalue weighted by molar-refractivity contribution is 14.0. The number of aromatic nitrogens is 1. The van der Waals surface area contributed by atoms with Crippen molar-refractivity contribution in [2.75, 3.05) is 38.5 Å². The topological polar surface area (TPSA) is 81.6 Å². The zero-order valence-electron chi connectivity index (χ0n) is 15.9. The summed E-state index contributed by atoms with van der Waals surface area (Å²) in [7, 11) is 1.75. The van der Waals surface area contributed by atoms with Crippen LogP contribution in [-0.2, 0) is 4.79 Å². The van der Waals surface area contributed by atoms with Gasteiger partial charge in [-0.3, -0.25) is 14.7 Å². The fraction of sp³-hybridized carbons (Fsp3) is 0.611. The van der Waals surface area contributed by atoms with E-state index in [1.165, 1.54) is 19.4 Å². The van der Waals surface area contributed by atoms with Gasteiger partial charge in [0.2, 0.25) is 5.91 Å². The van der Waals surface area contributed by atoms with Gasteiger partial charge >= 0.3 is 0 Å². The number of carbonyl (C=O) groups is 1. The molecule has 1 aliphatic heterocycles. The standard InChI is InChI=1S/C18H30N6O.HI/c1-4-24-12-6-8-15(24)13-21-18(19-3)20-11-10-17(25)23-16-9-5-7-14(2)22-16;/h5,7,9,15H,4,6,8,10-13H2,1-3H3,(H2,19,20,21)(H,22,23,25);1H. The monoisotopic (exact) mass is 474 g/mol. The van der Waals surface area contributed by atoms with E-state index < -0.39 is 0 Å². The Labute approximate surface area is 173 Å². The highest BCUT2D eigenvalue weighted by Crippen LogP contribution is 2.15. The van der Waals surface area contributed by atoms with Crippen LogP contribution in [0.5, 0.6) is 0 Å². The van der Waals surface area contributed by atoms with Crippen molar-refractivity contribution in [2.45, 2.75) is 39.2 Å². The number of pyridine rings is 1. The molecule has 0 spiro atoms. The highest BCUT2D eigenvalue weighted by atomic mass is 127. The van der Waals surface area contributed by atoms with Gasteiger partial charge in [-0.2, -0.15) is 0 Å². The molecule has 1 unspecified atom stereocenters. The van der Waals surface area contributed by atoms with Crippen LogP contribution in [0.2, 0.25) is 0 Å². The van der Waals surface area contributed by atoms with Crippen LogP contribution in [0.25, 0.3) is 0 Å². The summed E-state index contributed by atoms with van der Waals surface area (Å²) in [5, 5.41) is 9.36. The molecule has 1 saturated heterocycles. The second-order valence-corrected chi connectivity index (χ2v) is 6.27. The fourth-order valence-corrected chi connectivity index (χ4v) is 3.09. The number of likely N-dealkylation sites (tertiary alicyclic amines) is 1. The van der Waals surface area contributed by atoms with Crippen LogP contribution >= 0.6 is 24.0 Å². The number of likely N-dealkylation sites (N-methyl/N-ethyl adjacent to an activating group) is 1. The zero-order valence-corrected chi connectivity index (χ0v) is 18.2. The summed E-state index contributed by atoms with van der Waals surface area (Å²) in [4.78, 5) is 23.0. The maximum atomic E-state index is 12.0. The molecule has 1 aromatic heterocycles. The Hall–Kier alpha value is -1.42. The number of nitrogens with one attached hydrogen (secondary N) is 3. The van der Waals surface area contributed by atoms with Crippen LogP contribution < -0.4 is 16.0 Å². The summed E-state index contributed by atoms with van der Waals surface area (Å²) in [5.41, 5.74) is 0.883. The molecule has 1 aromatic rings. The first kappa shape index (κ1) is 22.6. The molecule has 8 heteroatoms. The van der Waals surface area contributed by atoms with E-state index in [2.05, 4.69) is 37.8 Å². The van der Waals surface area contributed by atoms with Gasteiger partial charge in [-0.05, 0) is 45.0 Å². The van der Waals surface area contributed by atoms with Crippen molar-refractivity contribution in [1.29, 1.82) is 0 Å². The van der Waals surface area contributed by atoms with E-state index >= 15 is 0 Å². The van der Waals surface area contributed by atoms with Crippen LogP contribution in [0.15, 0.2) is 23.2 Å². The highest BCUT2D eigenvalue weighted by Gasteiger charge is 2.22. The molecule has 0 aromatic carbocycles. The Morgan fingerprint density at radius 1 is 1.38 bits per heavy atom. The number of anilines is 1. The number of amides is 1. The number of aryl methyl sites for hydroxylation is 1. The number of nitrogens with zero attached hydrogens (tertiary/aromatic N) is 3. The third-order valence-corrected chi connectivity index (χ3v) is 4.43. The SMILES string of the molecule is CCN1CCCC1CNC(=NC)NCCC(=O)Nc1cccc(C)n1.I. The Bertz CT molecular complexity index is 595. The van der Waals surface area contributed by atoms with E-state index in [0.29, 0.717) is 24.8 Å². The second kappa shape index (κ2) is 12.1. The molecular formula is C18H31IN6O. The molecular weight excluding hydrogens is 443 g/mol. The molecule has 2 rings (SSSR count). The van der Waals surface area contributed by atoms with E-state index in [1.807, 2.05) is 19.1 Å². The van der Waals surface area contributed by atoms with Gasteiger partial charge in [0.15, 0.2) is 5.96 Å². The molecule has 0 bridgehead atoms. The summed E-state index contributed by atoms with van der Waals surface area (Å²) < 4.78 is 0. The molecule has 7 nitrogen and oxygen atoms in total. The van der Waals surface area contributed by atoms with Crippen LogP contribution in [0, 0.1) is 6.92 Å². The maximum Gasteiger partial charge on any atom is 0.227 e. The summed E-state index contributed by atoms with van der Waals surface area (Å²) >= 11 is 0. The van der Waals surface area contributed by atoms with Crippen molar-refractivity contribution >= 4 is 41.7 Å². The molecule has 0 saturated carbocycles. The second-order valence-electron chi connectivity index (χ2n) is 6.27. The normalized spacial score (nSPS) is 17.5. The molecule has 0 aliphatic carbocycles. The Kier molecular flexibility index (Phi) is 10.5. The minimum Gasteiger partial charge on any atom is -0.356 e. The van der Waals surface area contributed by atoms with Gasteiger partial charge in [-0.25, -0.2) is 4.98 Å². The van der Waals surface area contributed by atoms with Gasteiger partial charge in [0.05, 0.1) is 0 Å². The summed E-state index contributed by atoms with van der Waals surface area (Å²) in [6.07, 6.45) is 2.85. The lowest BCUT2D eigenvalue weighted by atomic mass is 10.2. The molecule has 0 radical (unpaired) electrons. The predicted molar refractivity (Wildman–Crippen MR) is 117 cm³/mol. The average molecular weight is 474 g/mol. The van der Waals surface area contributed by atoms with E-state index in [4.69, 9.17) is 0 Å². The first-order valence-electron chi connectivity index (χ1n) is 9.04. The van der Waals surface area contributed by atoms with Crippen molar-refractivity contribution in [3.05, 3.63) is 23.9 Å². The lowest BCUT2D eigenvalue weighted by Gasteiger charge is -2.23. The molecule has 26 heavy (non-hydrogen) atoms. The van der Waals surface area contributed by atoms with Gasteiger partial charge in [0.25, 0.3) is 0 Å². The maximum absolute atomic E-state index is 12.0. The van der Waals surface area contributed by atoms with Crippen molar-refractivity contribution in [2.24, 2.45) is 4.99 Å². The van der Waals surface area contributed by atoms with Crippen LogP contribution in [0.3, 0.4) is 0 Å². The average Bonchev–Trinajstić information content (AvgIpc) is 3.05. The summed E-state index contributed by atoms with van der Waals surface area (Å²) in [6.45, 7) is 7.78. The Morgan fingerprint density at radius 3 is 2.88 bits per heavy atom. The number of hydrogen-bond donors (Lipinski definition) is 3. The first-order chi connectivity index (χ1) is 12.1. The first-order valence-corrected chi connectivity index (χ1v) is 9.04. The van der Waals surface area contributed by atoms with Crippen molar-refractivity contribution in [1.82, 2.24) is 20.5 Å². The van der Waals surface area contributed by atoms with Crippen molar-refractivity contribution in [3.8, 4) is 0 Å². The molecule has 1 atom stereocenters. The molecule has 2 heterocycles. The minimum absolute atomic E-state index is 0. The minimum atomic E-state index is -0.0611. The molecule has 1 amide bonds. The van der Waals surface area contributed by atoms with Crippen LogP contribution in [0.4, 0.5) is 5.82 Å². The van der Waals surface area contributed by atoms with Gasteiger partial charge < -0.3 is 16.0 Å². The van der Waals surface area contributed by atoms with Crippen molar-refractivity contribution in [3.63, 3.8) is 0 Å². The number of rotatable bonds is 7. The fourth-order valence-electron chi connectivity index (χ4n) is 3.09. The summed E-state index contributed by atoms with van der Waals surface area (Å²) in [6, 6.07) is 6.14. The van der Waals surface area contributed by atoms with E-state index in [1.54, 1.807) is 13.1 Å². The molecule has 1 aliphatic rings. The van der Waals surface area contributed by atoms with Crippen molar-refractivity contribution < 1.29 is 4.79 Å². The largest absolute Gasteiger partial charge is 0.356 e. The zero-order chi connectivity index (χ0) is 18.1. The lowest BCUT2D eigenvalue weighted by molar-refractivity contribution is -0.116. The van der Waals surface area contributed by atoms with E-state index in [0.717, 1.165) is 24.7 Å². The van der Waals surface area contributed by atoms with E-state index in [9.17, 15) is 4.79 Å². The number of halogens is 1. The number of guanidine groups is 1. The van der Waals surface area contributed by atoms with Crippen LogP contribution in [0.1, 0.15) is 31.9 Å². The molecule has 3 N–H and O–H groups in total. The van der Waals surface area contributed by atoms with Gasteiger partial charge in [0.1, 0.15) is 5.82 Å². The number of aliphatic imine (C=N–C) groups is 1. The lowest BCUT2D eigenvalue weighted by Crippen LogP contribution is -2.45. The Morgan fingerprint density at radius 2 is 2.19 bits per heavy atom. The number of carbonyl (C=O) groups excluding carboxylic acids is 1.